The summed E-state index contributed by atoms with van der Waals surface area (Å²) in [5.74, 6) is 0. The maximum atomic E-state index is 6.11. The highest BCUT2D eigenvalue weighted by molar-refractivity contribution is 6.67. The van der Waals surface area contributed by atoms with E-state index >= 15 is 0 Å². The molecule has 1 rings (SSSR count). The van der Waals surface area contributed by atoms with Crippen molar-refractivity contribution in [3.8, 4) is 0 Å². The van der Waals surface area contributed by atoms with Crippen molar-refractivity contribution in [3.63, 3.8) is 0 Å². The van der Waals surface area contributed by atoms with Gasteiger partial charge in [0.25, 0.3) is 0 Å². The van der Waals surface area contributed by atoms with Gasteiger partial charge in [-0.15, -0.1) is 0 Å². The van der Waals surface area contributed by atoms with E-state index in [4.69, 9.17) is 4.43 Å². The van der Waals surface area contributed by atoms with Crippen molar-refractivity contribution in [1.29, 1.82) is 0 Å². The highest BCUT2D eigenvalue weighted by Crippen LogP contribution is 2.10. The van der Waals surface area contributed by atoms with E-state index in [0.29, 0.717) is 0 Å². The van der Waals surface area contributed by atoms with E-state index in [1.165, 1.54) is 5.19 Å². The Bertz CT molecular complexity index is 263. The van der Waals surface area contributed by atoms with Crippen LogP contribution in [0, 0.1) is 0 Å². The molecule has 0 saturated heterocycles. The van der Waals surface area contributed by atoms with Crippen LogP contribution in [0.25, 0.3) is 0 Å². The zero-order valence-corrected chi connectivity index (χ0v) is 10.7. The van der Waals surface area contributed by atoms with E-state index < -0.39 is 9.04 Å². The molecule has 0 saturated carbocycles. The fraction of sp³-hybridized carbons (Fsp3) is 0.500. The first-order valence-corrected chi connectivity index (χ1v) is 7.12. The van der Waals surface area contributed by atoms with Crippen molar-refractivity contribution < 1.29 is 4.43 Å². The molecule has 0 aromatic heterocycles. The normalized spacial score (nSPS) is 14.0. The van der Waals surface area contributed by atoms with Gasteiger partial charge in [-0.05, 0) is 32.0 Å². The lowest BCUT2D eigenvalue weighted by atomic mass is 10.2. The third-order valence-corrected chi connectivity index (χ3v) is 4.90. The molecule has 78 valence electrons. The SMILES string of the molecule is CC[SiH](OC(C)(C)C)c1ccccc1. The molecule has 0 aliphatic heterocycles. The molecule has 1 aromatic rings. The molecule has 2 heteroatoms. The topological polar surface area (TPSA) is 9.23 Å². The zero-order valence-electron chi connectivity index (χ0n) is 9.58. The molecule has 0 spiro atoms. The average Bonchev–Trinajstić information content (AvgIpc) is 2.14. The smallest absolute Gasteiger partial charge is 0.208 e. The maximum Gasteiger partial charge on any atom is 0.208 e. The van der Waals surface area contributed by atoms with Crippen LogP contribution in [-0.4, -0.2) is 14.6 Å². The average molecular weight is 208 g/mol. The number of hydrogen-bond acceptors (Lipinski definition) is 1. The molecule has 1 unspecified atom stereocenters. The Morgan fingerprint density at radius 1 is 1.14 bits per heavy atom. The third-order valence-electron chi connectivity index (χ3n) is 2.04. The summed E-state index contributed by atoms with van der Waals surface area (Å²) in [4.78, 5) is 0. The van der Waals surface area contributed by atoms with Crippen LogP contribution in [0.1, 0.15) is 27.7 Å². The van der Waals surface area contributed by atoms with E-state index in [1.807, 2.05) is 0 Å². The Kier molecular flexibility index (Phi) is 3.90. The second-order valence-electron chi connectivity index (χ2n) is 4.54. The molecular weight excluding hydrogens is 188 g/mol. The van der Waals surface area contributed by atoms with Gasteiger partial charge in [0.1, 0.15) is 0 Å². The van der Waals surface area contributed by atoms with Crippen LogP contribution >= 0.6 is 0 Å². The molecule has 1 atom stereocenters. The Morgan fingerprint density at radius 3 is 2.14 bits per heavy atom. The van der Waals surface area contributed by atoms with Crippen LogP contribution < -0.4 is 5.19 Å². The molecular formula is C12H20OSi. The lowest BCUT2D eigenvalue weighted by Gasteiger charge is -2.26. The first kappa shape index (κ1) is 11.5. The third kappa shape index (κ3) is 3.64. The zero-order chi connectivity index (χ0) is 10.6. The second-order valence-corrected chi connectivity index (χ2v) is 7.23. The fourth-order valence-corrected chi connectivity index (χ4v) is 3.76. The number of rotatable bonds is 3. The van der Waals surface area contributed by atoms with E-state index in [9.17, 15) is 0 Å². The molecule has 0 bridgehead atoms. The van der Waals surface area contributed by atoms with Crippen molar-refractivity contribution in [2.24, 2.45) is 0 Å². The molecule has 0 heterocycles. The van der Waals surface area contributed by atoms with Crippen molar-refractivity contribution in [1.82, 2.24) is 0 Å². The van der Waals surface area contributed by atoms with Crippen LogP contribution in [0.15, 0.2) is 30.3 Å². The summed E-state index contributed by atoms with van der Waals surface area (Å²) < 4.78 is 6.11. The van der Waals surface area contributed by atoms with E-state index in [0.717, 1.165) is 6.04 Å². The van der Waals surface area contributed by atoms with Crippen molar-refractivity contribution in [2.75, 3.05) is 0 Å². The van der Waals surface area contributed by atoms with E-state index in [2.05, 4.69) is 58.0 Å². The molecule has 1 aromatic carbocycles. The van der Waals surface area contributed by atoms with E-state index in [-0.39, 0.29) is 5.60 Å². The molecule has 0 aliphatic carbocycles. The lowest BCUT2D eigenvalue weighted by Crippen LogP contribution is -2.39. The minimum atomic E-state index is -1.20. The largest absolute Gasteiger partial charge is 0.411 e. The molecule has 0 radical (unpaired) electrons. The van der Waals surface area contributed by atoms with Gasteiger partial charge in [-0.25, -0.2) is 0 Å². The van der Waals surface area contributed by atoms with Gasteiger partial charge in [-0.3, -0.25) is 0 Å². The van der Waals surface area contributed by atoms with Gasteiger partial charge < -0.3 is 4.43 Å². The quantitative estimate of drug-likeness (QED) is 0.693. The molecule has 0 aliphatic rings. The molecule has 0 fully saturated rings. The maximum absolute atomic E-state index is 6.11. The summed E-state index contributed by atoms with van der Waals surface area (Å²) >= 11 is 0. The first-order valence-electron chi connectivity index (χ1n) is 5.25. The monoisotopic (exact) mass is 208 g/mol. The predicted octanol–water partition coefficient (Wildman–Crippen LogP) is 2.45. The van der Waals surface area contributed by atoms with Crippen LogP contribution in [0.2, 0.25) is 6.04 Å². The molecule has 1 nitrogen and oxygen atoms in total. The summed E-state index contributed by atoms with van der Waals surface area (Å²) in [5, 5.41) is 1.41. The number of benzene rings is 1. The second kappa shape index (κ2) is 4.76. The van der Waals surface area contributed by atoms with Gasteiger partial charge in [-0.1, -0.05) is 37.3 Å². The Hall–Kier alpha value is -0.603. The van der Waals surface area contributed by atoms with Gasteiger partial charge in [0.05, 0.1) is 0 Å². The number of hydrogen-bond donors (Lipinski definition) is 0. The summed E-state index contributed by atoms with van der Waals surface area (Å²) in [7, 11) is -1.20. The van der Waals surface area contributed by atoms with Gasteiger partial charge in [0.15, 0.2) is 0 Å². The van der Waals surface area contributed by atoms with Gasteiger partial charge in [0.2, 0.25) is 9.04 Å². The Morgan fingerprint density at radius 2 is 1.71 bits per heavy atom. The fourth-order valence-electron chi connectivity index (χ4n) is 1.48. The van der Waals surface area contributed by atoms with Crippen molar-refractivity contribution in [2.45, 2.75) is 39.3 Å². The summed E-state index contributed by atoms with van der Waals surface area (Å²) in [6.07, 6.45) is 0. The van der Waals surface area contributed by atoms with E-state index in [1.54, 1.807) is 0 Å². The minimum Gasteiger partial charge on any atom is -0.411 e. The Labute approximate surface area is 88.8 Å². The van der Waals surface area contributed by atoms with Crippen LogP contribution in [0.3, 0.4) is 0 Å². The minimum absolute atomic E-state index is 0.0112. The van der Waals surface area contributed by atoms with Gasteiger partial charge in [0, 0.05) is 5.60 Å². The first-order chi connectivity index (χ1) is 6.53. The lowest BCUT2D eigenvalue weighted by molar-refractivity contribution is 0.132. The van der Waals surface area contributed by atoms with Crippen LogP contribution in [0.4, 0.5) is 0 Å². The molecule has 14 heavy (non-hydrogen) atoms. The predicted molar refractivity (Wildman–Crippen MR) is 64.5 cm³/mol. The summed E-state index contributed by atoms with van der Waals surface area (Å²) in [6.45, 7) is 8.61. The van der Waals surface area contributed by atoms with Crippen LogP contribution in [0.5, 0.6) is 0 Å². The standard InChI is InChI=1S/C12H20OSi/c1-5-14(13-12(2,3)4)11-9-7-6-8-10-11/h6-10,14H,5H2,1-4H3. The summed E-state index contributed by atoms with van der Waals surface area (Å²) in [6, 6.07) is 11.8. The van der Waals surface area contributed by atoms with Crippen LogP contribution in [-0.2, 0) is 4.43 Å². The van der Waals surface area contributed by atoms with Crippen molar-refractivity contribution in [3.05, 3.63) is 30.3 Å². The highest BCUT2D eigenvalue weighted by atomic mass is 28.3. The van der Waals surface area contributed by atoms with Crippen molar-refractivity contribution >= 4 is 14.2 Å². The highest BCUT2D eigenvalue weighted by Gasteiger charge is 2.19. The van der Waals surface area contributed by atoms with Gasteiger partial charge >= 0.3 is 0 Å². The molecule has 0 N–H and O–H groups in total. The van der Waals surface area contributed by atoms with Gasteiger partial charge in [-0.2, -0.15) is 0 Å². The molecule has 0 amide bonds. The summed E-state index contributed by atoms with van der Waals surface area (Å²) in [5.41, 5.74) is -0.0112. The Balaban J connectivity index is 2.73.